The number of nitrogens with one attached hydrogen (secondary N) is 1. The first-order valence-electron chi connectivity index (χ1n) is 7.90. The molecule has 0 atom stereocenters. The number of phenolic OH excluding ortho intramolecular Hbond substituents is 1. The average Bonchev–Trinajstić information content (AvgIpc) is 3.02. The molecule has 136 valence electrons. The molecule has 8 heteroatoms. The van der Waals surface area contributed by atoms with Gasteiger partial charge in [0, 0.05) is 38.1 Å². The Morgan fingerprint density at radius 2 is 1.92 bits per heavy atom. The van der Waals surface area contributed by atoms with Gasteiger partial charge in [0.1, 0.15) is 5.75 Å². The van der Waals surface area contributed by atoms with Crippen LogP contribution < -0.4 is 10.2 Å². The molecule has 0 amide bonds. The van der Waals surface area contributed by atoms with Gasteiger partial charge in [-0.1, -0.05) is 12.1 Å². The molecule has 0 spiro atoms. The van der Waals surface area contributed by atoms with Crippen molar-refractivity contribution < 1.29 is 5.11 Å². The number of benzene rings is 1. The van der Waals surface area contributed by atoms with Crippen molar-refractivity contribution in [2.24, 2.45) is 4.99 Å². The quantitative estimate of drug-likeness (QED) is 0.356. The number of para-hydroxylation sites is 2. The molecule has 2 N–H and O–H groups in total. The van der Waals surface area contributed by atoms with Crippen molar-refractivity contribution in [3.63, 3.8) is 0 Å². The van der Waals surface area contributed by atoms with Crippen LogP contribution in [0.15, 0.2) is 45.2 Å². The highest BCUT2D eigenvalue weighted by Crippen LogP contribution is 2.27. The van der Waals surface area contributed by atoms with E-state index in [0.29, 0.717) is 5.75 Å². The average molecular weight is 537 g/mol. The molecule has 1 fully saturated rings. The smallest absolute Gasteiger partial charge is 0.194 e. The first-order valence-corrected chi connectivity index (χ1v) is 9.51. The van der Waals surface area contributed by atoms with Crippen LogP contribution in [-0.2, 0) is 6.54 Å². The Morgan fingerprint density at radius 1 is 1.20 bits per heavy atom. The van der Waals surface area contributed by atoms with Crippen molar-refractivity contribution in [3.05, 3.63) is 45.1 Å². The number of anilines is 1. The van der Waals surface area contributed by atoms with E-state index < -0.39 is 0 Å². The van der Waals surface area contributed by atoms with Gasteiger partial charge in [0.2, 0.25) is 0 Å². The summed E-state index contributed by atoms with van der Waals surface area (Å²) in [5.74, 6) is 1.27. The molecule has 1 aliphatic rings. The van der Waals surface area contributed by atoms with Crippen molar-refractivity contribution >= 4 is 62.9 Å². The maximum absolute atomic E-state index is 10.0. The summed E-state index contributed by atoms with van der Waals surface area (Å²) in [6.07, 6.45) is 0. The maximum Gasteiger partial charge on any atom is 0.194 e. The third-order valence-electron chi connectivity index (χ3n) is 4.06. The number of aromatic hydroxyl groups is 1. The number of halogens is 2. The Hall–Kier alpha value is -1.000. The summed E-state index contributed by atoms with van der Waals surface area (Å²) < 4.78 is 1.14. The third-order valence-corrected chi connectivity index (χ3v) is 5.69. The van der Waals surface area contributed by atoms with Crippen molar-refractivity contribution in [2.45, 2.75) is 6.54 Å². The minimum Gasteiger partial charge on any atom is -0.506 e. The molecule has 2 aromatic rings. The zero-order valence-electron chi connectivity index (χ0n) is 14.0. The topological polar surface area (TPSA) is 51.1 Å². The fourth-order valence-electron chi connectivity index (χ4n) is 2.84. The number of thiophene rings is 1. The number of aliphatic imine (C=N–C) groups is 1. The normalized spacial score (nSPS) is 15.0. The molecule has 0 saturated carbocycles. The summed E-state index contributed by atoms with van der Waals surface area (Å²) in [7, 11) is 1.82. The van der Waals surface area contributed by atoms with E-state index in [4.69, 9.17) is 0 Å². The van der Waals surface area contributed by atoms with Crippen molar-refractivity contribution in [1.82, 2.24) is 10.2 Å². The molecule has 0 radical (unpaired) electrons. The zero-order valence-corrected chi connectivity index (χ0v) is 18.7. The largest absolute Gasteiger partial charge is 0.506 e. The second-order valence-electron chi connectivity index (χ2n) is 5.57. The highest BCUT2D eigenvalue weighted by Gasteiger charge is 2.21. The van der Waals surface area contributed by atoms with Crippen LogP contribution in [0.25, 0.3) is 0 Å². The number of hydrogen-bond donors (Lipinski definition) is 2. The van der Waals surface area contributed by atoms with E-state index in [1.54, 1.807) is 17.4 Å². The van der Waals surface area contributed by atoms with E-state index in [9.17, 15) is 5.11 Å². The van der Waals surface area contributed by atoms with Crippen LogP contribution in [0, 0.1) is 0 Å². The summed E-state index contributed by atoms with van der Waals surface area (Å²) in [6, 6.07) is 11.7. The van der Waals surface area contributed by atoms with E-state index in [-0.39, 0.29) is 24.0 Å². The molecule has 0 aliphatic carbocycles. The highest BCUT2D eigenvalue weighted by molar-refractivity contribution is 14.0. The minimum absolute atomic E-state index is 0. The Labute approximate surface area is 177 Å². The molecule has 0 bridgehead atoms. The molecule has 1 aromatic carbocycles. The van der Waals surface area contributed by atoms with Crippen LogP contribution >= 0.6 is 51.2 Å². The van der Waals surface area contributed by atoms with Crippen LogP contribution in [-0.4, -0.2) is 49.2 Å². The minimum atomic E-state index is 0. The molecule has 25 heavy (non-hydrogen) atoms. The van der Waals surface area contributed by atoms with E-state index in [1.165, 1.54) is 4.88 Å². The van der Waals surface area contributed by atoms with Gasteiger partial charge in [-0.15, -0.1) is 35.3 Å². The standard InChI is InChI=1S/C17H21BrN4OS.HI/c1-19-17(20-12-13-6-7-16(18)24-13)22-10-8-21(9-11-22)14-4-2-3-5-15(14)23;/h2-7,23H,8-12H2,1H3,(H,19,20);1H. The van der Waals surface area contributed by atoms with Gasteiger partial charge < -0.3 is 20.2 Å². The number of phenols is 1. The lowest BCUT2D eigenvalue weighted by atomic mass is 10.2. The highest BCUT2D eigenvalue weighted by atomic mass is 127. The first-order chi connectivity index (χ1) is 11.7. The third kappa shape index (κ3) is 5.24. The van der Waals surface area contributed by atoms with Gasteiger partial charge in [0.25, 0.3) is 0 Å². The summed E-state index contributed by atoms with van der Waals surface area (Å²) in [5.41, 5.74) is 0.906. The molecule has 5 nitrogen and oxygen atoms in total. The Balaban J connectivity index is 0.00000225. The number of rotatable bonds is 3. The van der Waals surface area contributed by atoms with E-state index in [2.05, 4.69) is 48.2 Å². The van der Waals surface area contributed by atoms with Gasteiger partial charge in [-0.3, -0.25) is 4.99 Å². The number of hydrogen-bond acceptors (Lipinski definition) is 4. The summed E-state index contributed by atoms with van der Waals surface area (Å²) in [6.45, 7) is 4.26. The molecule has 3 rings (SSSR count). The Morgan fingerprint density at radius 3 is 2.52 bits per heavy atom. The molecule has 1 saturated heterocycles. The number of nitrogens with zero attached hydrogens (tertiary/aromatic N) is 3. The molecule has 0 unspecified atom stereocenters. The lowest BCUT2D eigenvalue weighted by Crippen LogP contribution is -2.52. The number of piperazine rings is 1. The van der Waals surface area contributed by atoms with E-state index >= 15 is 0 Å². The molecule has 1 aliphatic heterocycles. The van der Waals surface area contributed by atoms with Crippen LogP contribution in [0.2, 0.25) is 0 Å². The summed E-state index contributed by atoms with van der Waals surface area (Å²) >= 11 is 5.22. The predicted molar refractivity (Wildman–Crippen MR) is 120 cm³/mol. The maximum atomic E-state index is 10.0. The van der Waals surface area contributed by atoms with Gasteiger partial charge >= 0.3 is 0 Å². The second kappa shape index (κ2) is 9.63. The van der Waals surface area contributed by atoms with Crippen molar-refractivity contribution in [1.29, 1.82) is 0 Å². The van der Waals surface area contributed by atoms with Crippen molar-refractivity contribution in [3.8, 4) is 5.75 Å². The molecule has 2 heterocycles. The lowest BCUT2D eigenvalue weighted by molar-refractivity contribution is 0.370. The fourth-order valence-corrected chi connectivity index (χ4v) is 4.26. The van der Waals surface area contributed by atoms with E-state index in [0.717, 1.165) is 48.2 Å². The van der Waals surface area contributed by atoms with Crippen molar-refractivity contribution in [2.75, 3.05) is 38.1 Å². The number of guanidine groups is 1. The predicted octanol–water partition coefficient (Wildman–Crippen LogP) is 3.73. The van der Waals surface area contributed by atoms with Crippen LogP contribution in [0.3, 0.4) is 0 Å². The zero-order chi connectivity index (χ0) is 16.9. The molecular weight excluding hydrogens is 515 g/mol. The van der Waals surface area contributed by atoms with Gasteiger partial charge in [-0.05, 0) is 40.2 Å². The van der Waals surface area contributed by atoms with Gasteiger partial charge in [0.05, 0.1) is 16.0 Å². The summed E-state index contributed by atoms with van der Waals surface area (Å²) in [5, 5.41) is 13.4. The molecular formula is C17H22BrIN4OS. The monoisotopic (exact) mass is 536 g/mol. The second-order valence-corrected chi connectivity index (χ2v) is 8.12. The Kier molecular flexibility index (Phi) is 7.82. The van der Waals surface area contributed by atoms with Gasteiger partial charge in [-0.25, -0.2) is 0 Å². The Bertz CT molecular complexity index is 716. The van der Waals surface area contributed by atoms with E-state index in [1.807, 2.05) is 25.2 Å². The SMILES string of the molecule is CN=C(NCc1ccc(Br)s1)N1CCN(c2ccccc2O)CC1.I. The van der Waals surface area contributed by atoms with Crippen LogP contribution in [0.4, 0.5) is 5.69 Å². The van der Waals surface area contributed by atoms with Gasteiger partial charge in [0.15, 0.2) is 5.96 Å². The lowest BCUT2D eigenvalue weighted by Gasteiger charge is -2.37. The van der Waals surface area contributed by atoms with Crippen LogP contribution in [0.1, 0.15) is 4.88 Å². The fraction of sp³-hybridized carbons (Fsp3) is 0.353. The summed E-state index contributed by atoms with van der Waals surface area (Å²) in [4.78, 5) is 10.2. The van der Waals surface area contributed by atoms with Gasteiger partial charge in [-0.2, -0.15) is 0 Å². The molecule has 1 aromatic heterocycles. The van der Waals surface area contributed by atoms with Crippen LogP contribution in [0.5, 0.6) is 5.75 Å². The first kappa shape index (κ1) is 20.3.